The number of hydrogen-bond donors (Lipinski definition) is 1. The molecule has 4 rings (SSSR count). The molecule has 1 aromatic heterocycles. The van der Waals surface area contributed by atoms with E-state index in [1.54, 1.807) is 0 Å². The average Bonchev–Trinajstić information content (AvgIpc) is 3.23. The molecule has 0 bridgehead atoms. The Morgan fingerprint density at radius 2 is 1.79 bits per heavy atom. The summed E-state index contributed by atoms with van der Waals surface area (Å²) in [5, 5.41) is 3.12. The van der Waals surface area contributed by atoms with Gasteiger partial charge in [0, 0.05) is 37.0 Å². The lowest BCUT2D eigenvalue weighted by molar-refractivity contribution is -0.164. The molecule has 1 saturated heterocycles. The van der Waals surface area contributed by atoms with Crippen molar-refractivity contribution in [3.63, 3.8) is 0 Å². The van der Waals surface area contributed by atoms with Crippen molar-refractivity contribution in [3.05, 3.63) is 41.2 Å². The van der Waals surface area contributed by atoms with E-state index in [9.17, 15) is 26.3 Å². The van der Waals surface area contributed by atoms with Crippen molar-refractivity contribution < 1.29 is 31.1 Å². The van der Waals surface area contributed by atoms with Crippen molar-refractivity contribution in [2.75, 3.05) is 19.7 Å². The lowest BCUT2D eigenvalue weighted by atomic mass is 9.66. The van der Waals surface area contributed by atoms with Gasteiger partial charge in [-0.15, -0.1) is 0 Å². The van der Waals surface area contributed by atoms with Crippen molar-refractivity contribution in [2.24, 2.45) is 10.4 Å². The number of rotatable bonds is 6. The molecule has 2 fully saturated rings. The minimum Gasteiger partial charge on any atom is -0.375 e. The number of aliphatic imine (C=N–C) groups is 1. The Kier molecular flexibility index (Phi) is 7.11. The zero-order chi connectivity index (χ0) is 24.5. The van der Waals surface area contributed by atoms with Gasteiger partial charge in [-0.2, -0.15) is 26.3 Å². The molecule has 1 atom stereocenters. The Hall–Kier alpha value is -1.94. The van der Waals surface area contributed by atoms with Crippen molar-refractivity contribution in [1.29, 1.82) is 0 Å². The van der Waals surface area contributed by atoms with Crippen LogP contribution in [0, 0.1) is 5.41 Å². The Morgan fingerprint density at radius 3 is 2.44 bits per heavy atom. The first-order valence-electron chi connectivity index (χ1n) is 11.7. The van der Waals surface area contributed by atoms with Crippen LogP contribution in [0.3, 0.4) is 0 Å². The van der Waals surface area contributed by atoms with Crippen LogP contribution in [0.1, 0.15) is 68.2 Å². The fraction of sp³-hybridized carbons (Fsp3) is 0.667. The standard InChI is InChI=1S/C24H29F6N3O/c25-23(26,27)18-13-17(15-33-20(18)24(28,29)30)14-31-11-8-21(19-5-1-4-10-32-19)9-12-34-22(16-21)6-2-3-7-22/h1,5,13,15,31H,2-4,6-12,14,16H2. The summed E-state index contributed by atoms with van der Waals surface area (Å²) in [5.41, 5.74) is -2.86. The zero-order valence-electron chi connectivity index (χ0n) is 18.9. The summed E-state index contributed by atoms with van der Waals surface area (Å²) < 4.78 is 84.7. The van der Waals surface area contributed by atoms with E-state index in [1.165, 1.54) is 0 Å². The normalized spacial score (nSPS) is 25.1. The smallest absolute Gasteiger partial charge is 0.375 e. The first-order valence-corrected chi connectivity index (χ1v) is 11.7. The average molecular weight is 490 g/mol. The molecule has 1 aliphatic carbocycles. The number of dihydropyridines is 1. The molecule has 0 aromatic carbocycles. The van der Waals surface area contributed by atoms with E-state index < -0.39 is 23.6 Å². The van der Waals surface area contributed by atoms with Gasteiger partial charge >= 0.3 is 12.4 Å². The molecule has 3 heterocycles. The van der Waals surface area contributed by atoms with Crippen molar-refractivity contribution in [1.82, 2.24) is 10.3 Å². The number of halogens is 6. The van der Waals surface area contributed by atoms with Crippen LogP contribution in [0.2, 0.25) is 0 Å². The lowest BCUT2D eigenvalue weighted by Crippen LogP contribution is -2.48. The fourth-order valence-corrected chi connectivity index (χ4v) is 5.58. The van der Waals surface area contributed by atoms with Gasteiger partial charge in [-0.05, 0) is 62.8 Å². The van der Waals surface area contributed by atoms with Gasteiger partial charge in [0.05, 0.1) is 11.2 Å². The lowest BCUT2D eigenvalue weighted by Gasteiger charge is -2.47. The first-order chi connectivity index (χ1) is 16.0. The Labute approximate surface area is 194 Å². The molecule has 4 nitrogen and oxygen atoms in total. The quantitative estimate of drug-likeness (QED) is 0.388. The van der Waals surface area contributed by atoms with E-state index in [1.807, 2.05) is 0 Å². The highest BCUT2D eigenvalue weighted by molar-refractivity contribution is 6.00. The van der Waals surface area contributed by atoms with Gasteiger partial charge in [0.1, 0.15) is 0 Å². The van der Waals surface area contributed by atoms with Crippen LogP contribution >= 0.6 is 0 Å². The number of allylic oxidation sites excluding steroid dienone is 1. The Bertz CT molecular complexity index is 934. The molecule has 1 unspecified atom stereocenters. The molecule has 188 valence electrons. The Morgan fingerprint density at radius 1 is 1.03 bits per heavy atom. The van der Waals surface area contributed by atoms with E-state index in [-0.39, 0.29) is 23.1 Å². The van der Waals surface area contributed by atoms with E-state index >= 15 is 0 Å². The van der Waals surface area contributed by atoms with Crippen LogP contribution in [0.5, 0.6) is 0 Å². The van der Waals surface area contributed by atoms with E-state index in [0.29, 0.717) is 19.2 Å². The molecule has 2 aliphatic heterocycles. The fourth-order valence-electron chi connectivity index (χ4n) is 5.58. The van der Waals surface area contributed by atoms with Gasteiger partial charge < -0.3 is 10.1 Å². The third kappa shape index (κ3) is 5.48. The van der Waals surface area contributed by atoms with E-state index in [2.05, 4.69) is 22.5 Å². The molecule has 1 saturated carbocycles. The minimum absolute atomic E-state index is 0.00570. The van der Waals surface area contributed by atoms with Gasteiger partial charge in [-0.25, -0.2) is 0 Å². The highest BCUT2D eigenvalue weighted by Crippen LogP contribution is 2.50. The predicted molar refractivity (Wildman–Crippen MR) is 115 cm³/mol. The van der Waals surface area contributed by atoms with Crippen LogP contribution in [-0.4, -0.2) is 36.0 Å². The summed E-state index contributed by atoms with van der Waals surface area (Å²) in [6, 6.07) is 0.536. The van der Waals surface area contributed by atoms with Gasteiger partial charge in [0.25, 0.3) is 0 Å². The molecular formula is C24H29F6N3O. The summed E-state index contributed by atoms with van der Waals surface area (Å²) in [6.45, 7) is 1.87. The maximum Gasteiger partial charge on any atom is 0.433 e. The van der Waals surface area contributed by atoms with Crippen molar-refractivity contribution >= 4 is 5.71 Å². The molecule has 0 amide bonds. The van der Waals surface area contributed by atoms with Gasteiger partial charge in [0.2, 0.25) is 0 Å². The number of nitrogens with one attached hydrogen (secondary N) is 1. The molecule has 1 N–H and O–H groups in total. The monoisotopic (exact) mass is 489 g/mol. The second-order valence-corrected chi connectivity index (χ2v) is 9.57. The number of ether oxygens (including phenoxy) is 1. The molecule has 1 spiro atoms. The molecule has 1 aromatic rings. The third-order valence-corrected chi connectivity index (χ3v) is 7.19. The van der Waals surface area contributed by atoms with E-state index in [0.717, 1.165) is 69.8 Å². The van der Waals surface area contributed by atoms with Crippen LogP contribution in [0.25, 0.3) is 0 Å². The number of alkyl halides is 6. The van der Waals surface area contributed by atoms with Gasteiger partial charge in [0.15, 0.2) is 5.69 Å². The molecule has 0 radical (unpaired) electrons. The topological polar surface area (TPSA) is 46.5 Å². The van der Waals surface area contributed by atoms with Gasteiger partial charge in [-0.3, -0.25) is 9.98 Å². The van der Waals surface area contributed by atoms with Crippen LogP contribution in [0.15, 0.2) is 29.4 Å². The highest BCUT2D eigenvalue weighted by atomic mass is 19.4. The zero-order valence-corrected chi connectivity index (χ0v) is 18.9. The van der Waals surface area contributed by atoms with Crippen molar-refractivity contribution in [2.45, 2.75) is 75.9 Å². The molecular weight excluding hydrogens is 460 g/mol. The summed E-state index contributed by atoms with van der Waals surface area (Å²) in [7, 11) is 0. The van der Waals surface area contributed by atoms with Crippen molar-refractivity contribution in [3.8, 4) is 0 Å². The minimum atomic E-state index is -5.17. The number of pyridine rings is 1. The van der Waals surface area contributed by atoms with E-state index in [4.69, 9.17) is 9.73 Å². The van der Waals surface area contributed by atoms with Gasteiger partial charge in [-0.1, -0.05) is 18.9 Å². The third-order valence-electron chi connectivity index (χ3n) is 7.19. The number of nitrogens with zero attached hydrogens (tertiary/aromatic N) is 2. The molecule has 3 aliphatic rings. The molecule has 10 heteroatoms. The van der Waals surface area contributed by atoms with Crippen LogP contribution in [0.4, 0.5) is 26.3 Å². The predicted octanol–water partition coefficient (Wildman–Crippen LogP) is 6.11. The summed E-state index contributed by atoms with van der Waals surface area (Å²) in [5.74, 6) is 0. The summed E-state index contributed by atoms with van der Waals surface area (Å²) >= 11 is 0. The largest absolute Gasteiger partial charge is 0.433 e. The molecule has 34 heavy (non-hydrogen) atoms. The Balaban J connectivity index is 1.45. The summed E-state index contributed by atoms with van der Waals surface area (Å²) in [4.78, 5) is 7.88. The SMILES string of the molecule is FC(F)(F)c1cc(CNCCC2(C3=NCCC=C3)CCOC3(CCCC3)C2)cnc1C(F)(F)F. The highest BCUT2D eigenvalue weighted by Gasteiger charge is 2.49. The second kappa shape index (κ2) is 9.60. The first kappa shape index (κ1) is 25.2. The number of aromatic nitrogens is 1. The van der Waals surface area contributed by atoms with Crippen LogP contribution < -0.4 is 5.32 Å². The summed E-state index contributed by atoms with van der Waals surface area (Å²) in [6.07, 6.45) is 2.40. The maximum atomic E-state index is 13.2. The maximum absolute atomic E-state index is 13.2. The second-order valence-electron chi connectivity index (χ2n) is 9.57. The number of hydrogen-bond acceptors (Lipinski definition) is 4. The van der Waals surface area contributed by atoms with Crippen LogP contribution in [-0.2, 0) is 23.6 Å².